The van der Waals surface area contributed by atoms with Crippen LogP contribution >= 0.6 is 0 Å². The van der Waals surface area contributed by atoms with Gasteiger partial charge in [0.2, 0.25) is 0 Å². The predicted octanol–water partition coefficient (Wildman–Crippen LogP) is 3.15. The van der Waals surface area contributed by atoms with Crippen molar-refractivity contribution in [2.45, 2.75) is 31.7 Å². The molecule has 1 N–H and O–H groups in total. The van der Waals surface area contributed by atoms with E-state index >= 15 is 0 Å². The number of hydrogen-bond donors (Lipinski definition) is 1. The van der Waals surface area contributed by atoms with Crippen LogP contribution in [0.5, 0.6) is 0 Å². The van der Waals surface area contributed by atoms with Crippen LogP contribution in [0.3, 0.4) is 0 Å². The Bertz CT molecular complexity index is 618. The number of aliphatic hydroxyl groups is 1. The second-order valence-corrected chi connectivity index (χ2v) is 5.70. The minimum absolute atomic E-state index is 0.0398. The summed E-state index contributed by atoms with van der Waals surface area (Å²) in [6.07, 6.45) is -2.43. The molecule has 0 aliphatic carbocycles. The summed E-state index contributed by atoms with van der Waals surface area (Å²) in [5.74, 6) is -0.615. The number of benzene rings is 2. The molecular formula is C19H22FNO2. The zero-order valence-corrected chi connectivity index (χ0v) is 13.4. The fourth-order valence-electron chi connectivity index (χ4n) is 2.47. The van der Waals surface area contributed by atoms with Gasteiger partial charge in [-0.25, -0.2) is 4.39 Å². The monoisotopic (exact) mass is 315 g/mol. The Kier molecular flexibility index (Phi) is 5.88. The predicted molar refractivity (Wildman–Crippen MR) is 88.7 cm³/mol. The summed E-state index contributed by atoms with van der Waals surface area (Å²) in [6.45, 7) is 1.71. The number of aliphatic hydroxyl groups excluding tert-OH is 1. The van der Waals surface area contributed by atoms with Gasteiger partial charge in [-0.15, -0.1) is 0 Å². The number of carbonyl (C=O) groups excluding carboxylic acids is 1. The van der Waals surface area contributed by atoms with Gasteiger partial charge in [-0.05, 0) is 18.1 Å². The highest BCUT2D eigenvalue weighted by Gasteiger charge is 2.29. The molecule has 1 amide bonds. The van der Waals surface area contributed by atoms with Crippen molar-refractivity contribution in [1.29, 1.82) is 0 Å². The second-order valence-electron chi connectivity index (χ2n) is 5.70. The molecule has 122 valence electrons. The molecule has 2 rings (SSSR count). The number of alkyl halides is 1. The van der Waals surface area contributed by atoms with Gasteiger partial charge < -0.3 is 10.0 Å². The molecular weight excluding hydrogens is 293 g/mol. The molecule has 0 aliphatic rings. The lowest BCUT2D eigenvalue weighted by molar-refractivity contribution is -0.139. The Labute approximate surface area is 136 Å². The third-order valence-corrected chi connectivity index (χ3v) is 4.08. The van der Waals surface area contributed by atoms with Gasteiger partial charge in [0.1, 0.15) is 0 Å². The largest absolute Gasteiger partial charge is 0.386 e. The number of likely N-dealkylation sites (N-methyl/N-ethyl adjacent to an activating group) is 1. The average molecular weight is 315 g/mol. The molecule has 0 unspecified atom stereocenters. The van der Waals surface area contributed by atoms with E-state index in [0.717, 1.165) is 5.56 Å². The quantitative estimate of drug-likeness (QED) is 0.889. The minimum atomic E-state index is -1.62. The van der Waals surface area contributed by atoms with E-state index in [-0.39, 0.29) is 6.42 Å². The lowest BCUT2D eigenvalue weighted by atomic mass is 10.0. The van der Waals surface area contributed by atoms with E-state index in [9.17, 15) is 14.3 Å². The highest BCUT2D eigenvalue weighted by Crippen LogP contribution is 2.21. The summed E-state index contributed by atoms with van der Waals surface area (Å²) < 4.78 is 14.3. The maximum absolute atomic E-state index is 14.3. The van der Waals surface area contributed by atoms with Crippen LogP contribution in [0.25, 0.3) is 0 Å². The highest BCUT2D eigenvalue weighted by molar-refractivity contribution is 5.81. The summed E-state index contributed by atoms with van der Waals surface area (Å²) in [6, 6.07) is 17.6. The summed E-state index contributed by atoms with van der Waals surface area (Å²) in [5, 5.41) is 10.4. The Morgan fingerprint density at radius 2 is 1.61 bits per heavy atom. The molecule has 0 bridgehead atoms. The number of carbonyl (C=O) groups is 1. The van der Waals surface area contributed by atoms with Gasteiger partial charge in [0.05, 0.1) is 12.1 Å². The molecule has 3 nitrogen and oxygen atoms in total. The topological polar surface area (TPSA) is 40.5 Å². The number of rotatable bonds is 6. The summed E-state index contributed by atoms with van der Waals surface area (Å²) in [4.78, 5) is 13.5. The fraction of sp³-hybridized carbons (Fsp3) is 0.316. The molecule has 0 heterocycles. The van der Waals surface area contributed by atoms with Crippen molar-refractivity contribution in [1.82, 2.24) is 4.90 Å². The molecule has 23 heavy (non-hydrogen) atoms. The van der Waals surface area contributed by atoms with Gasteiger partial charge in [0.25, 0.3) is 5.91 Å². The average Bonchev–Trinajstić information content (AvgIpc) is 2.60. The molecule has 0 fully saturated rings. The zero-order chi connectivity index (χ0) is 16.8. The van der Waals surface area contributed by atoms with E-state index in [4.69, 9.17) is 0 Å². The standard InChI is InChI=1S/C19H22FNO2/c1-14(18(22)16-11-7-4-8-12-16)21(2)19(23)17(20)13-15-9-5-3-6-10-15/h3-12,14,17-18,22H,13H2,1-2H3/t14-,17+,18+/m0/s1. The van der Waals surface area contributed by atoms with Gasteiger partial charge in [0, 0.05) is 13.5 Å². The van der Waals surface area contributed by atoms with E-state index in [1.54, 1.807) is 31.2 Å². The zero-order valence-electron chi connectivity index (χ0n) is 13.4. The molecule has 0 saturated heterocycles. The molecule has 0 spiro atoms. The second kappa shape index (κ2) is 7.88. The summed E-state index contributed by atoms with van der Waals surface area (Å²) in [7, 11) is 1.52. The van der Waals surface area contributed by atoms with Crippen LogP contribution in [-0.4, -0.2) is 35.2 Å². The Balaban J connectivity index is 2.00. The van der Waals surface area contributed by atoms with Crippen LogP contribution in [0.4, 0.5) is 4.39 Å². The van der Waals surface area contributed by atoms with Gasteiger partial charge >= 0.3 is 0 Å². The fourth-order valence-corrected chi connectivity index (χ4v) is 2.47. The van der Waals surface area contributed by atoms with Crippen LogP contribution in [0.2, 0.25) is 0 Å². The summed E-state index contributed by atoms with van der Waals surface area (Å²) in [5.41, 5.74) is 1.48. The van der Waals surface area contributed by atoms with Crippen LogP contribution < -0.4 is 0 Å². The summed E-state index contributed by atoms with van der Waals surface area (Å²) >= 11 is 0. The lowest BCUT2D eigenvalue weighted by Gasteiger charge is -2.30. The molecule has 2 aromatic rings. The maximum atomic E-state index is 14.3. The van der Waals surface area contributed by atoms with E-state index in [1.807, 2.05) is 36.4 Å². The Morgan fingerprint density at radius 3 is 2.17 bits per heavy atom. The smallest absolute Gasteiger partial charge is 0.257 e. The van der Waals surface area contributed by atoms with Crippen molar-refractivity contribution < 1.29 is 14.3 Å². The van der Waals surface area contributed by atoms with Crippen molar-refractivity contribution >= 4 is 5.91 Å². The molecule has 0 aromatic heterocycles. The van der Waals surface area contributed by atoms with Crippen LogP contribution in [-0.2, 0) is 11.2 Å². The normalized spacial score (nSPS) is 14.8. The SMILES string of the molecule is C[C@@H]([C@@H](O)c1ccccc1)N(C)C(=O)[C@H](F)Cc1ccccc1. The van der Waals surface area contributed by atoms with E-state index in [2.05, 4.69) is 0 Å². The number of halogens is 1. The minimum Gasteiger partial charge on any atom is -0.386 e. The first kappa shape index (κ1) is 17.2. The van der Waals surface area contributed by atoms with E-state index < -0.39 is 24.2 Å². The van der Waals surface area contributed by atoms with Crippen molar-refractivity contribution in [3.05, 3.63) is 71.8 Å². The molecule has 0 aliphatic heterocycles. The molecule has 2 aromatic carbocycles. The molecule has 3 atom stereocenters. The Hall–Kier alpha value is -2.20. The van der Waals surface area contributed by atoms with Gasteiger partial charge in [-0.2, -0.15) is 0 Å². The van der Waals surface area contributed by atoms with Crippen molar-refractivity contribution in [2.75, 3.05) is 7.05 Å². The number of hydrogen-bond acceptors (Lipinski definition) is 2. The van der Waals surface area contributed by atoms with Crippen molar-refractivity contribution in [2.24, 2.45) is 0 Å². The van der Waals surface area contributed by atoms with Gasteiger partial charge in [-0.3, -0.25) is 4.79 Å². The first-order valence-electron chi connectivity index (χ1n) is 7.68. The van der Waals surface area contributed by atoms with E-state index in [0.29, 0.717) is 5.56 Å². The van der Waals surface area contributed by atoms with Gasteiger partial charge in [0.15, 0.2) is 6.17 Å². The lowest BCUT2D eigenvalue weighted by Crippen LogP contribution is -2.43. The van der Waals surface area contributed by atoms with Gasteiger partial charge in [-0.1, -0.05) is 60.7 Å². The van der Waals surface area contributed by atoms with Crippen molar-refractivity contribution in [3.8, 4) is 0 Å². The van der Waals surface area contributed by atoms with Crippen LogP contribution in [0.1, 0.15) is 24.2 Å². The Morgan fingerprint density at radius 1 is 1.09 bits per heavy atom. The first-order valence-corrected chi connectivity index (χ1v) is 7.68. The van der Waals surface area contributed by atoms with Crippen LogP contribution in [0.15, 0.2) is 60.7 Å². The van der Waals surface area contributed by atoms with E-state index in [1.165, 1.54) is 11.9 Å². The van der Waals surface area contributed by atoms with Crippen LogP contribution in [0, 0.1) is 0 Å². The number of amides is 1. The third-order valence-electron chi connectivity index (χ3n) is 4.08. The van der Waals surface area contributed by atoms with Crippen molar-refractivity contribution in [3.63, 3.8) is 0 Å². The molecule has 4 heteroatoms. The number of nitrogens with zero attached hydrogens (tertiary/aromatic N) is 1. The molecule has 0 radical (unpaired) electrons. The highest BCUT2D eigenvalue weighted by atomic mass is 19.1. The third kappa shape index (κ3) is 4.39. The maximum Gasteiger partial charge on any atom is 0.257 e. The molecule has 0 saturated carbocycles. The first-order chi connectivity index (χ1) is 11.0.